The van der Waals surface area contributed by atoms with Crippen molar-refractivity contribution in [2.24, 2.45) is 0 Å². The first-order valence-corrected chi connectivity index (χ1v) is 12.5. The molecular formula is C28H28N4O2S. The summed E-state index contributed by atoms with van der Waals surface area (Å²) in [5.74, 6) is -0.873. The lowest BCUT2D eigenvalue weighted by Gasteiger charge is -2.27. The minimum absolute atomic E-state index is 0.0534. The minimum atomic E-state index is -0.480. The van der Waals surface area contributed by atoms with Gasteiger partial charge in [-0.2, -0.15) is 0 Å². The van der Waals surface area contributed by atoms with Crippen LogP contribution in [-0.4, -0.2) is 40.0 Å². The van der Waals surface area contributed by atoms with Crippen molar-refractivity contribution >= 4 is 28.3 Å². The number of hydrogen-bond donors (Lipinski definition) is 1. The lowest BCUT2D eigenvalue weighted by molar-refractivity contribution is -0.135. The third kappa shape index (κ3) is 6.19. The predicted molar refractivity (Wildman–Crippen MR) is 140 cm³/mol. The van der Waals surface area contributed by atoms with Crippen molar-refractivity contribution in [3.05, 3.63) is 102 Å². The second-order valence-corrected chi connectivity index (χ2v) is 9.32. The van der Waals surface area contributed by atoms with Gasteiger partial charge in [-0.05, 0) is 30.5 Å². The number of hydrogen-bond acceptors (Lipinski definition) is 5. The molecule has 3 aromatic carbocycles. The zero-order chi connectivity index (χ0) is 24.6. The van der Waals surface area contributed by atoms with Crippen molar-refractivity contribution in [3.8, 4) is 10.6 Å². The molecule has 1 heterocycles. The molecular weight excluding hydrogens is 456 g/mol. The maximum Gasteiger partial charge on any atom is 0.245 e. The van der Waals surface area contributed by atoms with Crippen LogP contribution in [0.5, 0.6) is 0 Å². The zero-order valence-corrected chi connectivity index (χ0v) is 20.7. The van der Waals surface area contributed by atoms with E-state index in [9.17, 15) is 9.59 Å². The molecule has 6 nitrogen and oxygen atoms in total. The van der Waals surface area contributed by atoms with Gasteiger partial charge in [-0.3, -0.25) is 14.9 Å². The Bertz CT molecular complexity index is 1230. The standard InChI is InChI=1S/C28H28N4O2S/c1-3-17-32(27(34)25(21-12-6-4-7-13-21)22-14-8-5-9-15-22)19-24(33)29-28-31-30-26(35-28)23-16-10-11-20(2)18-23/h4-16,18,25H,3,17,19H2,1-2H3,(H,29,31,33). The first-order valence-electron chi connectivity index (χ1n) is 11.6. The number of aryl methyl sites for hydroxylation is 1. The van der Waals surface area contributed by atoms with Gasteiger partial charge in [0.25, 0.3) is 0 Å². The summed E-state index contributed by atoms with van der Waals surface area (Å²) in [5.41, 5.74) is 3.89. The average molecular weight is 485 g/mol. The monoisotopic (exact) mass is 484 g/mol. The van der Waals surface area contributed by atoms with Crippen molar-refractivity contribution in [3.63, 3.8) is 0 Å². The fourth-order valence-electron chi connectivity index (χ4n) is 3.99. The summed E-state index contributed by atoms with van der Waals surface area (Å²) in [4.78, 5) is 28.3. The van der Waals surface area contributed by atoms with Crippen molar-refractivity contribution in [2.75, 3.05) is 18.4 Å². The molecule has 7 heteroatoms. The number of aromatic nitrogens is 2. The van der Waals surface area contributed by atoms with Crippen molar-refractivity contribution in [1.29, 1.82) is 0 Å². The maximum atomic E-state index is 13.8. The first-order chi connectivity index (χ1) is 17.0. The van der Waals surface area contributed by atoms with Crippen LogP contribution < -0.4 is 5.32 Å². The summed E-state index contributed by atoms with van der Waals surface area (Å²) in [5, 5.41) is 12.3. The Labute approximate surface area is 209 Å². The van der Waals surface area contributed by atoms with Crippen LogP contribution in [0.1, 0.15) is 36.0 Å². The molecule has 0 atom stereocenters. The Balaban J connectivity index is 1.51. The van der Waals surface area contributed by atoms with Crippen LogP contribution in [-0.2, 0) is 9.59 Å². The highest BCUT2D eigenvalue weighted by molar-refractivity contribution is 7.18. The molecule has 35 heavy (non-hydrogen) atoms. The molecule has 0 saturated heterocycles. The SMILES string of the molecule is CCCN(CC(=O)Nc1nnc(-c2cccc(C)c2)s1)C(=O)C(c1ccccc1)c1ccccc1. The van der Waals surface area contributed by atoms with E-state index in [0.717, 1.165) is 33.7 Å². The quantitative estimate of drug-likeness (QED) is 0.339. The van der Waals surface area contributed by atoms with Crippen LogP contribution in [0.4, 0.5) is 5.13 Å². The molecule has 0 aliphatic carbocycles. The largest absolute Gasteiger partial charge is 0.333 e. The number of carbonyl (C=O) groups excluding carboxylic acids is 2. The second-order valence-electron chi connectivity index (χ2n) is 8.34. The number of amides is 2. The molecule has 178 valence electrons. The smallest absolute Gasteiger partial charge is 0.245 e. The molecule has 1 N–H and O–H groups in total. The van der Waals surface area contributed by atoms with Crippen LogP contribution in [0, 0.1) is 6.92 Å². The fraction of sp³-hybridized carbons (Fsp3) is 0.214. The predicted octanol–water partition coefficient (Wildman–Crippen LogP) is 5.52. The molecule has 1 aromatic heterocycles. The van der Waals surface area contributed by atoms with E-state index < -0.39 is 5.92 Å². The maximum absolute atomic E-state index is 13.8. The summed E-state index contributed by atoms with van der Waals surface area (Å²) >= 11 is 1.31. The molecule has 2 amide bonds. The summed E-state index contributed by atoms with van der Waals surface area (Å²) in [7, 11) is 0. The van der Waals surface area contributed by atoms with Crippen LogP contribution >= 0.6 is 11.3 Å². The van der Waals surface area contributed by atoms with E-state index in [2.05, 4.69) is 15.5 Å². The molecule has 0 unspecified atom stereocenters. The summed E-state index contributed by atoms with van der Waals surface area (Å²) in [6, 6.07) is 27.4. The second kappa shape index (κ2) is 11.5. The number of anilines is 1. The molecule has 0 radical (unpaired) electrons. The molecule has 0 spiro atoms. The van der Waals surface area contributed by atoms with E-state index in [0.29, 0.717) is 11.7 Å². The molecule has 0 aliphatic heterocycles. The van der Waals surface area contributed by atoms with Gasteiger partial charge in [0.1, 0.15) is 5.01 Å². The molecule has 0 fully saturated rings. The van der Waals surface area contributed by atoms with Crippen molar-refractivity contribution in [2.45, 2.75) is 26.2 Å². The van der Waals surface area contributed by atoms with Gasteiger partial charge in [-0.25, -0.2) is 0 Å². The van der Waals surface area contributed by atoms with Gasteiger partial charge < -0.3 is 4.90 Å². The number of benzene rings is 3. The van der Waals surface area contributed by atoms with Crippen LogP contribution in [0.2, 0.25) is 0 Å². The Hall–Kier alpha value is -3.84. The van der Waals surface area contributed by atoms with E-state index in [1.165, 1.54) is 11.3 Å². The van der Waals surface area contributed by atoms with Crippen molar-refractivity contribution < 1.29 is 9.59 Å². The lowest BCUT2D eigenvalue weighted by Crippen LogP contribution is -2.41. The molecule has 4 rings (SSSR count). The Morgan fingerprint density at radius 2 is 1.57 bits per heavy atom. The molecule has 0 saturated carbocycles. The van der Waals surface area contributed by atoms with Gasteiger partial charge in [0.2, 0.25) is 16.9 Å². The van der Waals surface area contributed by atoms with Gasteiger partial charge in [-0.1, -0.05) is 103 Å². The number of nitrogens with one attached hydrogen (secondary N) is 1. The van der Waals surface area contributed by atoms with E-state index >= 15 is 0 Å². The van der Waals surface area contributed by atoms with Gasteiger partial charge in [0, 0.05) is 12.1 Å². The van der Waals surface area contributed by atoms with Gasteiger partial charge >= 0.3 is 0 Å². The third-order valence-electron chi connectivity index (χ3n) is 5.59. The Morgan fingerprint density at radius 3 is 2.17 bits per heavy atom. The third-order valence-corrected chi connectivity index (χ3v) is 6.48. The van der Waals surface area contributed by atoms with Crippen molar-refractivity contribution in [1.82, 2.24) is 15.1 Å². The Morgan fingerprint density at radius 1 is 0.914 bits per heavy atom. The normalized spacial score (nSPS) is 10.8. The number of rotatable bonds is 9. The van der Waals surface area contributed by atoms with Gasteiger partial charge in [0.05, 0.1) is 12.5 Å². The highest BCUT2D eigenvalue weighted by Gasteiger charge is 2.28. The molecule has 4 aromatic rings. The van der Waals surface area contributed by atoms with E-state index in [4.69, 9.17) is 0 Å². The summed E-state index contributed by atoms with van der Waals surface area (Å²) in [6.07, 6.45) is 0.742. The van der Waals surface area contributed by atoms with Crippen LogP contribution in [0.3, 0.4) is 0 Å². The topological polar surface area (TPSA) is 75.2 Å². The van der Waals surface area contributed by atoms with E-state index in [1.54, 1.807) is 4.90 Å². The first kappa shape index (κ1) is 24.3. The van der Waals surface area contributed by atoms with Crippen LogP contribution in [0.25, 0.3) is 10.6 Å². The molecule has 0 aliphatic rings. The fourth-order valence-corrected chi connectivity index (χ4v) is 4.75. The van der Waals surface area contributed by atoms with E-state index in [-0.39, 0.29) is 18.4 Å². The zero-order valence-electron chi connectivity index (χ0n) is 19.8. The number of carbonyl (C=O) groups is 2. The Kier molecular flexibility index (Phi) is 8.00. The van der Waals surface area contributed by atoms with Gasteiger partial charge in [-0.15, -0.1) is 10.2 Å². The highest BCUT2D eigenvalue weighted by atomic mass is 32.1. The summed E-state index contributed by atoms with van der Waals surface area (Å²) in [6.45, 7) is 4.44. The summed E-state index contributed by atoms with van der Waals surface area (Å²) < 4.78 is 0. The highest BCUT2D eigenvalue weighted by Crippen LogP contribution is 2.28. The van der Waals surface area contributed by atoms with E-state index in [1.807, 2.05) is 98.8 Å². The van der Waals surface area contributed by atoms with Crippen LogP contribution in [0.15, 0.2) is 84.9 Å². The van der Waals surface area contributed by atoms with Gasteiger partial charge in [0.15, 0.2) is 0 Å². The number of nitrogens with zero attached hydrogens (tertiary/aromatic N) is 3. The minimum Gasteiger partial charge on any atom is -0.333 e. The lowest BCUT2D eigenvalue weighted by atomic mass is 9.90. The molecule has 0 bridgehead atoms. The average Bonchev–Trinajstić information content (AvgIpc) is 3.33.